The van der Waals surface area contributed by atoms with Gasteiger partial charge in [-0.3, -0.25) is 9.59 Å². The SMILES string of the molecule is COc1ccc(CCNC(=O)CC(=O)Nc2ccccc2C(C)C)cc1OC. The molecule has 150 valence electrons. The summed E-state index contributed by atoms with van der Waals surface area (Å²) in [6.07, 6.45) is 0.419. The molecule has 0 fully saturated rings. The predicted molar refractivity (Wildman–Crippen MR) is 110 cm³/mol. The number of para-hydroxylation sites is 1. The van der Waals surface area contributed by atoms with Gasteiger partial charge in [-0.15, -0.1) is 0 Å². The van der Waals surface area contributed by atoms with E-state index in [0.29, 0.717) is 24.5 Å². The first kappa shape index (κ1) is 21.3. The quantitative estimate of drug-likeness (QED) is 0.649. The molecule has 2 aromatic rings. The highest BCUT2D eigenvalue weighted by molar-refractivity contribution is 6.03. The van der Waals surface area contributed by atoms with E-state index in [-0.39, 0.29) is 24.2 Å². The molecule has 0 saturated heterocycles. The molecule has 2 aromatic carbocycles. The zero-order chi connectivity index (χ0) is 20.5. The number of nitrogens with one attached hydrogen (secondary N) is 2. The van der Waals surface area contributed by atoms with Crippen LogP contribution in [-0.4, -0.2) is 32.6 Å². The Kier molecular flexibility index (Phi) is 7.87. The standard InChI is InChI=1S/C22H28N2O4/c1-15(2)17-7-5-6-8-18(17)24-22(26)14-21(25)23-12-11-16-9-10-19(27-3)20(13-16)28-4/h5-10,13,15H,11-12,14H2,1-4H3,(H,23,25)(H,24,26). The molecule has 0 aliphatic rings. The largest absolute Gasteiger partial charge is 0.493 e. The van der Waals surface area contributed by atoms with Crippen LogP contribution in [0.4, 0.5) is 5.69 Å². The lowest BCUT2D eigenvalue weighted by Crippen LogP contribution is -2.29. The summed E-state index contributed by atoms with van der Waals surface area (Å²) in [5, 5.41) is 5.61. The summed E-state index contributed by atoms with van der Waals surface area (Å²) in [6.45, 7) is 4.56. The molecule has 6 nitrogen and oxygen atoms in total. The van der Waals surface area contributed by atoms with Crippen molar-refractivity contribution < 1.29 is 19.1 Å². The number of hydrogen-bond donors (Lipinski definition) is 2. The topological polar surface area (TPSA) is 76.7 Å². The fourth-order valence-corrected chi connectivity index (χ4v) is 2.90. The van der Waals surface area contributed by atoms with E-state index in [9.17, 15) is 9.59 Å². The van der Waals surface area contributed by atoms with Gasteiger partial charge in [-0.05, 0) is 41.7 Å². The summed E-state index contributed by atoms with van der Waals surface area (Å²) < 4.78 is 10.5. The number of hydrogen-bond acceptors (Lipinski definition) is 4. The molecule has 6 heteroatoms. The molecule has 0 aliphatic heterocycles. The Bertz CT molecular complexity index is 818. The number of benzene rings is 2. The maximum absolute atomic E-state index is 12.2. The first-order valence-electron chi connectivity index (χ1n) is 9.31. The summed E-state index contributed by atoms with van der Waals surface area (Å²) in [4.78, 5) is 24.2. The van der Waals surface area contributed by atoms with E-state index >= 15 is 0 Å². The Balaban J connectivity index is 1.82. The lowest BCUT2D eigenvalue weighted by Gasteiger charge is -2.13. The summed E-state index contributed by atoms with van der Waals surface area (Å²) >= 11 is 0. The summed E-state index contributed by atoms with van der Waals surface area (Å²) in [6, 6.07) is 13.3. The van der Waals surface area contributed by atoms with Gasteiger partial charge in [0.05, 0.1) is 14.2 Å². The Hall–Kier alpha value is -3.02. The maximum atomic E-state index is 12.2. The molecule has 2 N–H and O–H groups in total. The Morgan fingerprint density at radius 1 is 0.964 bits per heavy atom. The van der Waals surface area contributed by atoms with Gasteiger partial charge in [-0.25, -0.2) is 0 Å². The molecule has 2 amide bonds. The van der Waals surface area contributed by atoms with Crippen molar-refractivity contribution in [2.75, 3.05) is 26.1 Å². The molecular formula is C22H28N2O4. The minimum atomic E-state index is -0.322. The van der Waals surface area contributed by atoms with Crippen molar-refractivity contribution in [3.63, 3.8) is 0 Å². The fourth-order valence-electron chi connectivity index (χ4n) is 2.90. The number of ether oxygens (including phenoxy) is 2. The van der Waals surface area contributed by atoms with Crippen LogP contribution in [0.15, 0.2) is 42.5 Å². The monoisotopic (exact) mass is 384 g/mol. The maximum Gasteiger partial charge on any atom is 0.233 e. The van der Waals surface area contributed by atoms with Crippen molar-refractivity contribution in [1.82, 2.24) is 5.32 Å². The molecule has 0 aliphatic carbocycles. The smallest absolute Gasteiger partial charge is 0.233 e. The van der Waals surface area contributed by atoms with E-state index in [1.54, 1.807) is 14.2 Å². The van der Waals surface area contributed by atoms with E-state index in [1.807, 2.05) is 42.5 Å². The summed E-state index contributed by atoms with van der Waals surface area (Å²) in [5.41, 5.74) is 2.80. The van der Waals surface area contributed by atoms with Crippen molar-refractivity contribution in [3.05, 3.63) is 53.6 Å². The van der Waals surface area contributed by atoms with Crippen molar-refractivity contribution in [1.29, 1.82) is 0 Å². The number of rotatable bonds is 9. The van der Waals surface area contributed by atoms with Gasteiger partial charge in [0, 0.05) is 12.2 Å². The minimum absolute atomic E-state index is 0.210. The molecule has 0 bridgehead atoms. The van der Waals surface area contributed by atoms with Crippen LogP contribution in [0.3, 0.4) is 0 Å². The number of amides is 2. The normalized spacial score (nSPS) is 10.5. The highest BCUT2D eigenvalue weighted by Crippen LogP contribution is 2.27. The molecule has 0 atom stereocenters. The summed E-state index contributed by atoms with van der Waals surface area (Å²) in [5.74, 6) is 0.965. The van der Waals surface area contributed by atoms with Crippen LogP contribution in [-0.2, 0) is 16.0 Å². The van der Waals surface area contributed by atoms with Crippen LogP contribution in [0.25, 0.3) is 0 Å². The van der Waals surface area contributed by atoms with Crippen molar-refractivity contribution in [3.8, 4) is 11.5 Å². The highest BCUT2D eigenvalue weighted by atomic mass is 16.5. The molecule has 0 heterocycles. The molecule has 28 heavy (non-hydrogen) atoms. The number of carbonyl (C=O) groups is 2. The molecule has 0 unspecified atom stereocenters. The van der Waals surface area contributed by atoms with Crippen LogP contribution in [0.1, 0.15) is 37.3 Å². The average Bonchev–Trinajstić information content (AvgIpc) is 2.67. The van der Waals surface area contributed by atoms with Crippen molar-refractivity contribution in [2.45, 2.75) is 32.6 Å². The Morgan fingerprint density at radius 3 is 2.36 bits per heavy atom. The number of carbonyl (C=O) groups excluding carboxylic acids is 2. The van der Waals surface area contributed by atoms with Crippen LogP contribution >= 0.6 is 0 Å². The van der Waals surface area contributed by atoms with Gasteiger partial charge in [0.1, 0.15) is 6.42 Å². The van der Waals surface area contributed by atoms with Gasteiger partial charge in [-0.2, -0.15) is 0 Å². The molecule has 0 saturated carbocycles. The van der Waals surface area contributed by atoms with E-state index in [4.69, 9.17) is 9.47 Å². The number of methoxy groups -OCH3 is 2. The van der Waals surface area contributed by atoms with Crippen LogP contribution in [0, 0.1) is 0 Å². The zero-order valence-electron chi connectivity index (χ0n) is 16.9. The van der Waals surface area contributed by atoms with Crippen LogP contribution in [0.2, 0.25) is 0 Å². The lowest BCUT2D eigenvalue weighted by atomic mass is 10.0. The first-order valence-corrected chi connectivity index (χ1v) is 9.31. The Labute approximate surface area is 166 Å². The van der Waals surface area contributed by atoms with E-state index in [0.717, 1.165) is 16.8 Å². The minimum Gasteiger partial charge on any atom is -0.493 e. The summed E-state index contributed by atoms with van der Waals surface area (Å²) in [7, 11) is 3.17. The molecular weight excluding hydrogens is 356 g/mol. The van der Waals surface area contributed by atoms with E-state index in [1.165, 1.54) is 0 Å². The van der Waals surface area contributed by atoms with Gasteiger partial charge in [0.15, 0.2) is 11.5 Å². The van der Waals surface area contributed by atoms with Gasteiger partial charge in [0.25, 0.3) is 0 Å². The fraction of sp³-hybridized carbons (Fsp3) is 0.364. The third-order valence-corrected chi connectivity index (χ3v) is 4.36. The average molecular weight is 384 g/mol. The predicted octanol–water partition coefficient (Wildman–Crippen LogP) is 3.51. The molecule has 0 spiro atoms. The molecule has 0 radical (unpaired) electrons. The van der Waals surface area contributed by atoms with Crippen LogP contribution in [0.5, 0.6) is 11.5 Å². The van der Waals surface area contributed by atoms with Gasteiger partial charge >= 0.3 is 0 Å². The first-order chi connectivity index (χ1) is 13.4. The van der Waals surface area contributed by atoms with E-state index < -0.39 is 0 Å². The second-order valence-electron chi connectivity index (χ2n) is 6.76. The van der Waals surface area contributed by atoms with Crippen molar-refractivity contribution in [2.24, 2.45) is 0 Å². The van der Waals surface area contributed by atoms with Gasteiger partial charge in [0.2, 0.25) is 11.8 Å². The zero-order valence-corrected chi connectivity index (χ0v) is 16.9. The third-order valence-electron chi connectivity index (χ3n) is 4.36. The second kappa shape index (κ2) is 10.3. The Morgan fingerprint density at radius 2 is 1.68 bits per heavy atom. The van der Waals surface area contributed by atoms with Gasteiger partial charge < -0.3 is 20.1 Å². The van der Waals surface area contributed by atoms with Gasteiger partial charge in [-0.1, -0.05) is 38.1 Å². The van der Waals surface area contributed by atoms with Crippen molar-refractivity contribution >= 4 is 17.5 Å². The van der Waals surface area contributed by atoms with E-state index in [2.05, 4.69) is 24.5 Å². The molecule has 2 rings (SSSR count). The highest BCUT2D eigenvalue weighted by Gasteiger charge is 2.13. The number of anilines is 1. The molecule has 0 aromatic heterocycles. The van der Waals surface area contributed by atoms with Crippen LogP contribution < -0.4 is 20.1 Å². The third kappa shape index (κ3) is 6.01. The lowest BCUT2D eigenvalue weighted by molar-refractivity contribution is -0.126. The second-order valence-corrected chi connectivity index (χ2v) is 6.76.